The first kappa shape index (κ1) is 9.18. The third kappa shape index (κ3) is 2.30. The maximum Gasteiger partial charge on any atom is 0.200 e. The third-order valence-electron chi connectivity index (χ3n) is 1.94. The Kier molecular flexibility index (Phi) is 2.40. The number of thiophene rings is 1. The quantitative estimate of drug-likeness (QED) is 0.825. The van der Waals surface area contributed by atoms with Crippen LogP contribution < -0.4 is 5.32 Å². The summed E-state index contributed by atoms with van der Waals surface area (Å²) in [6.45, 7) is 0. The van der Waals surface area contributed by atoms with Crippen molar-refractivity contribution < 1.29 is 8.42 Å². The molecule has 0 radical (unpaired) electrons. The minimum absolute atomic E-state index is 0.0815. The molecule has 0 saturated heterocycles. The monoisotopic (exact) mass is 217 g/mol. The van der Waals surface area contributed by atoms with Crippen LogP contribution in [0.2, 0.25) is 0 Å². The lowest BCUT2D eigenvalue weighted by atomic mass is 10.7. The normalized spacial score (nSPS) is 17.5. The van der Waals surface area contributed by atoms with Crippen molar-refractivity contribution >= 4 is 21.2 Å². The van der Waals surface area contributed by atoms with Crippen molar-refractivity contribution in [1.82, 2.24) is 5.32 Å². The summed E-state index contributed by atoms with van der Waals surface area (Å²) in [5.74, 6) is 0.0815. The van der Waals surface area contributed by atoms with E-state index in [1.807, 2.05) is 0 Å². The minimum atomic E-state index is -3.06. The minimum Gasteiger partial charge on any atom is -0.301 e. The highest BCUT2D eigenvalue weighted by atomic mass is 32.2. The van der Waals surface area contributed by atoms with E-state index in [0.29, 0.717) is 10.3 Å². The van der Waals surface area contributed by atoms with Crippen molar-refractivity contribution in [3.05, 3.63) is 17.5 Å². The molecule has 1 aromatic rings. The fourth-order valence-electron chi connectivity index (χ4n) is 1.03. The molecule has 0 atom stereocenters. The lowest BCUT2D eigenvalue weighted by Crippen LogP contribution is -2.24. The molecule has 5 heteroatoms. The smallest absolute Gasteiger partial charge is 0.200 e. The molecule has 0 unspecified atom stereocenters. The Morgan fingerprint density at radius 1 is 1.54 bits per heavy atom. The molecule has 1 aliphatic rings. The zero-order valence-electron chi connectivity index (χ0n) is 7.06. The van der Waals surface area contributed by atoms with Gasteiger partial charge in [0.1, 0.15) is 10.1 Å². The van der Waals surface area contributed by atoms with Gasteiger partial charge in [0.2, 0.25) is 9.84 Å². The largest absolute Gasteiger partial charge is 0.301 e. The molecule has 3 nitrogen and oxygen atoms in total. The molecule has 1 saturated carbocycles. The standard InChI is InChI=1S/C8H11NO2S2/c10-13(11,6-9-7-3-4-7)8-2-1-5-12-8/h1-2,5,7,9H,3-4,6H2. The maximum absolute atomic E-state index is 11.6. The van der Waals surface area contributed by atoms with Crippen LogP contribution in [0, 0.1) is 0 Å². The van der Waals surface area contributed by atoms with E-state index in [2.05, 4.69) is 5.32 Å². The highest BCUT2D eigenvalue weighted by Crippen LogP contribution is 2.21. The van der Waals surface area contributed by atoms with Crippen LogP contribution in [0.5, 0.6) is 0 Å². The van der Waals surface area contributed by atoms with E-state index in [0.717, 1.165) is 12.8 Å². The number of hydrogen-bond donors (Lipinski definition) is 1. The van der Waals surface area contributed by atoms with Crippen LogP contribution in [-0.2, 0) is 9.84 Å². The van der Waals surface area contributed by atoms with Gasteiger partial charge in [0.15, 0.2) is 0 Å². The van der Waals surface area contributed by atoms with Gasteiger partial charge in [0, 0.05) is 6.04 Å². The highest BCUT2D eigenvalue weighted by Gasteiger charge is 2.24. The van der Waals surface area contributed by atoms with Gasteiger partial charge in [-0.15, -0.1) is 11.3 Å². The molecule has 1 aliphatic carbocycles. The van der Waals surface area contributed by atoms with Crippen LogP contribution >= 0.6 is 11.3 Å². The highest BCUT2D eigenvalue weighted by molar-refractivity contribution is 7.93. The van der Waals surface area contributed by atoms with E-state index >= 15 is 0 Å². The van der Waals surface area contributed by atoms with Crippen molar-refractivity contribution in [3.63, 3.8) is 0 Å². The molecule has 1 aromatic heterocycles. The van der Waals surface area contributed by atoms with Crippen LogP contribution in [0.4, 0.5) is 0 Å². The topological polar surface area (TPSA) is 46.2 Å². The van der Waals surface area contributed by atoms with Crippen molar-refractivity contribution in [2.75, 3.05) is 5.88 Å². The molecule has 0 spiro atoms. The van der Waals surface area contributed by atoms with Gasteiger partial charge >= 0.3 is 0 Å². The lowest BCUT2D eigenvalue weighted by molar-refractivity contribution is 0.588. The summed E-state index contributed by atoms with van der Waals surface area (Å²) in [4.78, 5) is 0. The average Bonchev–Trinajstić information content (AvgIpc) is 2.74. The summed E-state index contributed by atoms with van der Waals surface area (Å²) < 4.78 is 23.6. The average molecular weight is 217 g/mol. The summed E-state index contributed by atoms with van der Waals surface area (Å²) >= 11 is 1.27. The van der Waals surface area contributed by atoms with E-state index in [9.17, 15) is 8.42 Å². The van der Waals surface area contributed by atoms with Gasteiger partial charge in [0.05, 0.1) is 0 Å². The molecule has 1 N–H and O–H groups in total. The summed E-state index contributed by atoms with van der Waals surface area (Å²) in [7, 11) is -3.06. The van der Waals surface area contributed by atoms with Crippen molar-refractivity contribution in [2.24, 2.45) is 0 Å². The number of rotatable bonds is 4. The van der Waals surface area contributed by atoms with Crippen LogP contribution in [0.15, 0.2) is 21.7 Å². The predicted octanol–water partition coefficient (Wildman–Crippen LogP) is 1.23. The van der Waals surface area contributed by atoms with E-state index < -0.39 is 9.84 Å². The molecule has 0 aromatic carbocycles. The van der Waals surface area contributed by atoms with E-state index in [1.165, 1.54) is 11.3 Å². The van der Waals surface area contributed by atoms with Crippen LogP contribution in [0.3, 0.4) is 0 Å². The second kappa shape index (κ2) is 3.40. The van der Waals surface area contributed by atoms with Crippen LogP contribution in [0.1, 0.15) is 12.8 Å². The zero-order valence-corrected chi connectivity index (χ0v) is 8.70. The number of nitrogens with one attached hydrogen (secondary N) is 1. The zero-order chi connectivity index (χ0) is 9.31. The van der Waals surface area contributed by atoms with E-state index in [-0.39, 0.29) is 5.88 Å². The Bertz CT molecular complexity index is 365. The third-order valence-corrected chi connectivity index (χ3v) is 4.95. The van der Waals surface area contributed by atoms with E-state index in [1.54, 1.807) is 17.5 Å². The van der Waals surface area contributed by atoms with Gasteiger partial charge in [-0.25, -0.2) is 8.42 Å². The van der Waals surface area contributed by atoms with Gasteiger partial charge in [-0.2, -0.15) is 0 Å². The second-order valence-electron chi connectivity index (χ2n) is 3.17. The molecule has 0 aliphatic heterocycles. The van der Waals surface area contributed by atoms with Crippen LogP contribution in [-0.4, -0.2) is 20.3 Å². The van der Waals surface area contributed by atoms with Crippen LogP contribution in [0.25, 0.3) is 0 Å². The van der Waals surface area contributed by atoms with Crippen molar-refractivity contribution in [2.45, 2.75) is 23.1 Å². The second-order valence-corrected chi connectivity index (χ2v) is 6.33. The first-order chi connectivity index (χ1) is 6.18. The predicted molar refractivity (Wildman–Crippen MR) is 52.5 cm³/mol. The van der Waals surface area contributed by atoms with Crippen molar-refractivity contribution in [1.29, 1.82) is 0 Å². The van der Waals surface area contributed by atoms with E-state index in [4.69, 9.17) is 0 Å². The molecule has 0 amide bonds. The molecule has 1 heterocycles. The Hall–Kier alpha value is -0.390. The van der Waals surface area contributed by atoms with Gasteiger partial charge in [-0.1, -0.05) is 6.07 Å². The molecule has 1 fully saturated rings. The summed E-state index contributed by atoms with van der Waals surface area (Å²) in [6, 6.07) is 3.85. The fraction of sp³-hybridized carbons (Fsp3) is 0.500. The molecule has 2 rings (SSSR count). The maximum atomic E-state index is 11.6. The summed E-state index contributed by atoms with van der Waals surface area (Å²) in [6.07, 6.45) is 2.22. The van der Waals surface area contributed by atoms with Crippen molar-refractivity contribution in [3.8, 4) is 0 Å². The molecular weight excluding hydrogens is 206 g/mol. The number of hydrogen-bond acceptors (Lipinski definition) is 4. The molecule has 13 heavy (non-hydrogen) atoms. The Balaban J connectivity index is 2.02. The molecular formula is C8H11NO2S2. The summed E-state index contributed by atoms with van der Waals surface area (Å²) in [5, 5.41) is 4.79. The lowest BCUT2D eigenvalue weighted by Gasteiger charge is -2.01. The first-order valence-electron chi connectivity index (χ1n) is 4.18. The van der Waals surface area contributed by atoms with Gasteiger partial charge in [0.25, 0.3) is 0 Å². The fourth-order valence-corrected chi connectivity index (χ4v) is 3.29. The molecule has 0 bridgehead atoms. The van der Waals surface area contributed by atoms with Gasteiger partial charge in [-0.3, -0.25) is 0 Å². The Labute approximate surface area is 81.7 Å². The molecule has 72 valence electrons. The number of sulfone groups is 1. The van der Waals surface area contributed by atoms with Gasteiger partial charge < -0.3 is 5.32 Å². The first-order valence-corrected chi connectivity index (χ1v) is 6.71. The Morgan fingerprint density at radius 2 is 2.31 bits per heavy atom. The van der Waals surface area contributed by atoms with Gasteiger partial charge in [-0.05, 0) is 24.3 Å². The Morgan fingerprint density at radius 3 is 2.85 bits per heavy atom. The summed E-state index contributed by atoms with van der Waals surface area (Å²) in [5.41, 5.74) is 0. The SMILES string of the molecule is O=S(=O)(CNC1CC1)c1cccs1.